The van der Waals surface area contributed by atoms with Gasteiger partial charge in [0.15, 0.2) is 0 Å². The zero-order chi connectivity index (χ0) is 38.1. The molecule has 2 aromatic heterocycles. The second-order valence-electron chi connectivity index (χ2n) is 14.4. The van der Waals surface area contributed by atoms with Gasteiger partial charge in [-0.1, -0.05) is 30.3 Å². The molecule has 3 aliphatic heterocycles. The van der Waals surface area contributed by atoms with Gasteiger partial charge in [-0.3, -0.25) is 14.4 Å². The van der Waals surface area contributed by atoms with E-state index in [1.807, 2.05) is 49.4 Å². The van der Waals surface area contributed by atoms with Crippen molar-refractivity contribution in [1.29, 1.82) is 0 Å². The minimum absolute atomic E-state index is 0.159. The van der Waals surface area contributed by atoms with Crippen LogP contribution in [0, 0.1) is 25.6 Å². The zero-order valence-corrected chi connectivity index (χ0v) is 31.6. The highest BCUT2D eigenvalue weighted by atomic mass is 32.1. The number of aryl methyl sites for hydroxylation is 2. The van der Waals surface area contributed by atoms with E-state index in [9.17, 15) is 18.8 Å². The van der Waals surface area contributed by atoms with Crippen LogP contribution in [0.15, 0.2) is 91.0 Å². The summed E-state index contributed by atoms with van der Waals surface area (Å²) in [5.41, 5.74) is 5.96. The lowest BCUT2D eigenvalue weighted by Crippen LogP contribution is -2.58. The molecule has 280 valence electrons. The minimum Gasteiger partial charge on any atom is -0.381 e. The molecule has 2 saturated heterocycles. The van der Waals surface area contributed by atoms with Gasteiger partial charge >= 0.3 is 0 Å². The van der Waals surface area contributed by atoms with Gasteiger partial charge in [0.1, 0.15) is 11.6 Å². The Labute approximate surface area is 323 Å². The molecule has 3 aliphatic rings. The van der Waals surface area contributed by atoms with E-state index in [0.29, 0.717) is 52.2 Å². The number of anilines is 4. The van der Waals surface area contributed by atoms with Gasteiger partial charge in [0, 0.05) is 54.2 Å². The summed E-state index contributed by atoms with van der Waals surface area (Å²) in [6.45, 7) is 6.53. The average molecular weight is 756 g/mol. The number of para-hydroxylation sites is 2. The van der Waals surface area contributed by atoms with Gasteiger partial charge in [-0.15, -0.1) is 11.3 Å². The SMILES string of the molecule is Cc1ccc(C(=O)Nc2ccc(C(=O)N3CCC(c4ccc(C(=O)Nc5c(C)cccc5F)s4)=Cc4ccccc43)cc2)c(N2CC3CCOCCCC32)n1. The number of benzene rings is 3. The molecule has 3 amide bonds. The third-order valence-electron chi connectivity index (χ3n) is 10.7. The third kappa shape index (κ3) is 7.54. The fourth-order valence-electron chi connectivity index (χ4n) is 7.74. The Balaban J connectivity index is 0.953. The number of rotatable bonds is 7. The number of carbonyl (C=O) groups is 3. The number of amides is 3. The highest BCUT2D eigenvalue weighted by Gasteiger charge is 2.41. The molecule has 2 unspecified atom stereocenters. The van der Waals surface area contributed by atoms with Gasteiger partial charge in [0.05, 0.1) is 21.8 Å². The van der Waals surface area contributed by atoms with Crippen LogP contribution in [0.4, 0.5) is 27.3 Å². The van der Waals surface area contributed by atoms with Crippen LogP contribution in [-0.2, 0) is 4.74 Å². The lowest BCUT2D eigenvalue weighted by Gasteiger charge is -2.50. The zero-order valence-electron chi connectivity index (χ0n) is 30.8. The Bertz CT molecular complexity index is 2280. The van der Waals surface area contributed by atoms with E-state index in [4.69, 9.17) is 9.72 Å². The summed E-state index contributed by atoms with van der Waals surface area (Å²) in [5, 5.41) is 5.76. The smallest absolute Gasteiger partial charge is 0.265 e. The van der Waals surface area contributed by atoms with Crippen LogP contribution in [0.2, 0.25) is 0 Å². The molecule has 11 heteroatoms. The largest absolute Gasteiger partial charge is 0.381 e. The molecule has 5 aromatic rings. The van der Waals surface area contributed by atoms with Crippen LogP contribution in [-0.4, -0.2) is 55.1 Å². The van der Waals surface area contributed by atoms with Gasteiger partial charge in [-0.05, 0) is 129 Å². The number of nitrogens with one attached hydrogen (secondary N) is 2. The number of pyridine rings is 1. The first-order valence-electron chi connectivity index (χ1n) is 18.7. The molecule has 2 atom stereocenters. The van der Waals surface area contributed by atoms with Crippen LogP contribution in [0.3, 0.4) is 0 Å². The van der Waals surface area contributed by atoms with Gasteiger partial charge < -0.3 is 25.2 Å². The standard InChI is InChI=1S/C44H42FN5O4S/c1-27-7-5-9-35(45)40(27)48-43(52)39-19-18-38(55-39)31-20-22-49(36-10-4-3-8-30(36)25-31)44(53)29-13-15-33(16-14-29)47-42(51)34-17-12-28(2)46-41(34)50-26-32-21-24-54-23-6-11-37(32)50/h3-5,7-10,12-19,25,32,37H,6,11,20-24,26H2,1-2H3,(H,47,51)(H,48,52). The maximum atomic E-state index is 14.4. The van der Waals surface area contributed by atoms with Crippen molar-refractivity contribution in [2.24, 2.45) is 5.92 Å². The second kappa shape index (κ2) is 15.6. The quantitative estimate of drug-likeness (QED) is 0.172. The van der Waals surface area contributed by atoms with E-state index in [1.165, 1.54) is 17.4 Å². The van der Waals surface area contributed by atoms with Gasteiger partial charge in [-0.2, -0.15) is 0 Å². The lowest BCUT2D eigenvalue weighted by molar-refractivity contribution is 0.0762. The van der Waals surface area contributed by atoms with Crippen LogP contribution in [0.1, 0.15) is 77.8 Å². The number of aromatic nitrogens is 1. The number of carbonyl (C=O) groups excluding carboxylic acids is 3. The number of halogens is 1. The fourth-order valence-corrected chi connectivity index (χ4v) is 8.68. The van der Waals surface area contributed by atoms with E-state index in [1.54, 1.807) is 54.3 Å². The predicted molar refractivity (Wildman–Crippen MR) is 217 cm³/mol. The normalized spacial score (nSPS) is 18.1. The first-order valence-corrected chi connectivity index (χ1v) is 19.6. The summed E-state index contributed by atoms with van der Waals surface area (Å²) in [5.74, 6) is 0.0139. The Morgan fingerprint density at radius 1 is 0.873 bits per heavy atom. The van der Waals surface area contributed by atoms with Crippen LogP contribution in [0.25, 0.3) is 11.6 Å². The highest BCUT2D eigenvalue weighted by Crippen LogP contribution is 2.39. The van der Waals surface area contributed by atoms with E-state index in [0.717, 1.165) is 72.2 Å². The van der Waals surface area contributed by atoms with Crippen LogP contribution in [0.5, 0.6) is 0 Å². The van der Waals surface area contributed by atoms with E-state index in [2.05, 4.69) is 21.6 Å². The first-order chi connectivity index (χ1) is 26.7. The van der Waals surface area contributed by atoms with Crippen molar-refractivity contribution in [3.05, 3.63) is 135 Å². The van der Waals surface area contributed by atoms with Crippen LogP contribution < -0.4 is 20.4 Å². The maximum Gasteiger partial charge on any atom is 0.265 e. The molecular formula is C44H42FN5O4S. The Hall–Kier alpha value is -5.65. The second-order valence-corrected chi connectivity index (χ2v) is 15.4. The molecule has 0 bridgehead atoms. The number of ether oxygens (including phenoxy) is 1. The van der Waals surface area contributed by atoms with E-state index < -0.39 is 5.82 Å². The molecule has 9 nitrogen and oxygen atoms in total. The molecule has 3 aromatic carbocycles. The molecule has 0 radical (unpaired) electrons. The van der Waals surface area contributed by atoms with Crippen molar-refractivity contribution in [1.82, 2.24) is 4.98 Å². The molecule has 0 saturated carbocycles. The number of hydrogen-bond donors (Lipinski definition) is 2. The summed E-state index contributed by atoms with van der Waals surface area (Å²) < 4.78 is 20.1. The van der Waals surface area contributed by atoms with Crippen molar-refractivity contribution < 1.29 is 23.5 Å². The maximum absolute atomic E-state index is 14.4. The molecule has 2 fully saturated rings. The van der Waals surface area contributed by atoms with Crippen molar-refractivity contribution in [2.75, 3.05) is 46.7 Å². The Morgan fingerprint density at radius 3 is 2.55 bits per heavy atom. The summed E-state index contributed by atoms with van der Waals surface area (Å²) in [4.78, 5) is 51.1. The summed E-state index contributed by atoms with van der Waals surface area (Å²) in [6.07, 6.45) is 5.65. The lowest BCUT2D eigenvalue weighted by atomic mass is 9.82. The summed E-state index contributed by atoms with van der Waals surface area (Å²) in [7, 11) is 0. The Kier molecular flexibility index (Phi) is 10.3. The molecule has 0 spiro atoms. The predicted octanol–water partition coefficient (Wildman–Crippen LogP) is 9.00. The first kappa shape index (κ1) is 36.3. The van der Waals surface area contributed by atoms with Crippen molar-refractivity contribution in [2.45, 2.75) is 45.6 Å². The van der Waals surface area contributed by atoms with Gasteiger partial charge in [0.25, 0.3) is 17.7 Å². The average Bonchev–Trinajstić information content (AvgIpc) is 3.59. The number of nitrogens with zero attached hydrogens (tertiary/aromatic N) is 3. The van der Waals surface area contributed by atoms with Crippen molar-refractivity contribution >= 4 is 63.6 Å². The van der Waals surface area contributed by atoms with Crippen molar-refractivity contribution in [3.63, 3.8) is 0 Å². The van der Waals surface area contributed by atoms with Gasteiger partial charge in [0.2, 0.25) is 0 Å². The fraction of sp³-hybridized carbons (Fsp3) is 0.273. The highest BCUT2D eigenvalue weighted by molar-refractivity contribution is 7.15. The third-order valence-corrected chi connectivity index (χ3v) is 11.9. The minimum atomic E-state index is -0.479. The van der Waals surface area contributed by atoms with E-state index >= 15 is 0 Å². The van der Waals surface area contributed by atoms with Crippen LogP contribution >= 0.6 is 11.3 Å². The summed E-state index contributed by atoms with van der Waals surface area (Å²) in [6, 6.07) is 27.2. The summed E-state index contributed by atoms with van der Waals surface area (Å²) >= 11 is 1.34. The molecule has 2 N–H and O–H groups in total. The van der Waals surface area contributed by atoms with E-state index in [-0.39, 0.29) is 23.4 Å². The molecule has 55 heavy (non-hydrogen) atoms. The molecular weight excluding hydrogens is 714 g/mol. The molecule has 8 rings (SSSR count). The van der Waals surface area contributed by atoms with Crippen molar-refractivity contribution in [3.8, 4) is 0 Å². The molecule has 0 aliphatic carbocycles. The molecule has 5 heterocycles. The monoisotopic (exact) mass is 755 g/mol. The Morgan fingerprint density at radius 2 is 1.71 bits per heavy atom. The number of fused-ring (bicyclic) bond motifs is 2. The topological polar surface area (TPSA) is 104 Å². The number of hydrogen-bond acceptors (Lipinski definition) is 7. The van der Waals surface area contributed by atoms with Gasteiger partial charge in [-0.25, -0.2) is 9.37 Å². The number of thiophene rings is 1.